The van der Waals surface area contributed by atoms with Crippen molar-refractivity contribution in [2.75, 3.05) is 13.7 Å². The fourth-order valence-corrected chi connectivity index (χ4v) is 2.88. The van der Waals surface area contributed by atoms with E-state index in [1.807, 2.05) is 12.1 Å². The molecule has 1 heterocycles. The number of halogens is 3. The first kappa shape index (κ1) is 21.6. The number of unbranched alkanes of at least 4 members (excludes halogenated alkanes) is 1. The first-order valence-corrected chi connectivity index (χ1v) is 9.47. The summed E-state index contributed by atoms with van der Waals surface area (Å²) in [5, 5.41) is 4.04. The van der Waals surface area contributed by atoms with Gasteiger partial charge in [-0.15, -0.1) is 0 Å². The van der Waals surface area contributed by atoms with Crippen molar-refractivity contribution >= 4 is 11.6 Å². The van der Waals surface area contributed by atoms with Gasteiger partial charge in [0.05, 0.1) is 12.7 Å². The Labute approximate surface area is 172 Å². The molecule has 0 radical (unpaired) electrons. The molecule has 158 valence electrons. The number of methoxy groups -OCH3 is 1. The number of nitrogens with zero attached hydrogens (tertiary/aromatic N) is 2. The summed E-state index contributed by atoms with van der Waals surface area (Å²) in [7, 11) is 1.58. The first-order chi connectivity index (χ1) is 14.4. The zero-order chi connectivity index (χ0) is 21.6. The van der Waals surface area contributed by atoms with E-state index in [2.05, 4.69) is 10.1 Å². The van der Waals surface area contributed by atoms with E-state index in [4.69, 9.17) is 15.0 Å². The number of aromatic nitrogens is 2. The lowest BCUT2D eigenvalue weighted by Gasteiger charge is -2.07. The number of hydrogen-bond donors (Lipinski definition) is 1. The number of ether oxygens (including phenoxy) is 1. The predicted molar refractivity (Wildman–Crippen MR) is 109 cm³/mol. The molecule has 0 saturated heterocycles. The fraction of sp³-hybridized carbons (Fsp3) is 0.273. The molecule has 0 aliphatic heterocycles. The smallest absolute Gasteiger partial charge is 0.416 e. The van der Waals surface area contributed by atoms with E-state index in [0.717, 1.165) is 36.1 Å². The molecule has 3 rings (SSSR count). The Hall–Kier alpha value is -3.13. The van der Waals surface area contributed by atoms with Crippen LogP contribution in [0.5, 0.6) is 5.75 Å². The van der Waals surface area contributed by atoms with E-state index in [1.54, 1.807) is 25.3 Å². The summed E-state index contributed by atoms with van der Waals surface area (Å²) in [6.07, 6.45) is -0.385. The molecule has 2 aromatic carbocycles. The minimum absolute atomic E-state index is 0.331. The molecule has 1 aromatic heterocycles. The van der Waals surface area contributed by atoms with Gasteiger partial charge in [0.1, 0.15) is 5.75 Å². The molecule has 0 unspecified atom stereocenters. The first-order valence-electron chi connectivity index (χ1n) is 9.47. The summed E-state index contributed by atoms with van der Waals surface area (Å²) in [5.74, 6) is 1.47. The minimum atomic E-state index is -4.37. The normalized spacial score (nSPS) is 12.2. The Balaban J connectivity index is 1.88. The van der Waals surface area contributed by atoms with Crippen molar-refractivity contribution < 1.29 is 22.4 Å². The highest BCUT2D eigenvalue weighted by atomic mass is 19.4. The van der Waals surface area contributed by atoms with E-state index in [9.17, 15) is 13.2 Å². The average molecular weight is 417 g/mol. The average Bonchev–Trinajstić information content (AvgIpc) is 3.23. The molecule has 0 aliphatic carbocycles. The predicted octanol–water partition coefficient (Wildman–Crippen LogP) is 5.43. The Morgan fingerprint density at radius 2 is 1.77 bits per heavy atom. The third kappa shape index (κ3) is 5.48. The number of allylic oxidation sites excluding steroid dienone is 1. The second kappa shape index (κ2) is 9.58. The molecule has 0 spiro atoms. The van der Waals surface area contributed by atoms with Crippen molar-refractivity contribution in [3.05, 3.63) is 65.5 Å². The van der Waals surface area contributed by atoms with E-state index in [0.29, 0.717) is 36.0 Å². The lowest BCUT2D eigenvalue weighted by atomic mass is 10.0. The van der Waals surface area contributed by atoms with Crippen LogP contribution in [0.15, 0.2) is 53.1 Å². The van der Waals surface area contributed by atoms with Crippen LogP contribution in [-0.2, 0) is 6.18 Å². The third-order valence-corrected chi connectivity index (χ3v) is 4.53. The van der Waals surface area contributed by atoms with Crippen LogP contribution in [0, 0.1) is 0 Å². The maximum atomic E-state index is 12.8. The lowest BCUT2D eigenvalue weighted by Crippen LogP contribution is -2.04. The van der Waals surface area contributed by atoms with E-state index >= 15 is 0 Å². The van der Waals surface area contributed by atoms with Crippen LogP contribution in [0.1, 0.15) is 36.3 Å². The van der Waals surface area contributed by atoms with Gasteiger partial charge in [-0.25, -0.2) is 0 Å². The molecule has 8 heteroatoms. The highest BCUT2D eigenvalue weighted by Gasteiger charge is 2.29. The second-order valence-electron chi connectivity index (χ2n) is 6.69. The molecule has 2 N–H and O–H groups in total. The van der Waals surface area contributed by atoms with Gasteiger partial charge in [-0.1, -0.05) is 17.3 Å². The Morgan fingerprint density at radius 1 is 1.07 bits per heavy atom. The Kier molecular flexibility index (Phi) is 6.89. The Morgan fingerprint density at radius 3 is 2.37 bits per heavy atom. The summed E-state index contributed by atoms with van der Waals surface area (Å²) < 4.78 is 49.0. The van der Waals surface area contributed by atoms with Gasteiger partial charge in [0, 0.05) is 11.1 Å². The number of nitrogens with two attached hydrogens (primary N) is 1. The van der Waals surface area contributed by atoms with Crippen LogP contribution < -0.4 is 10.5 Å². The van der Waals surface area contributed by atoms with Crippen molar-refractivity contribution in [3.63, 3.8) is 0 Å². The maximum absolute atomic E-state index is 12.8. The van der Waals surface area contributed by atoms with E-state index in [1.165, 1.54) is 12.1 Å². The monoisotopic (exact) mass is 417 g/mol. The van der Waals surface area contributed by atoms with Crippen molar-refractivity contribution in [3.8, 4) is 17.1 Å². The van der Waals surface area contributed by atoms with E-state index < -0.39 is 11.7 Å². The lowest BCUT2D eigenvalue weighted by molar-refractivity contribution is -0.137. The van der Waals surface area contributed by atoms with Crippen LogP contribution in [0.25, 0.3) is 23.0 Å². The van der Waals surface area contributed by atoms with E-state index in [-0.39, 0.29) is 0 Å². The molecule has 0 atom stereocenters. The molecule has 0 aliphatic rings. The number of alkyl halides is 3. The number of hydrogen-bond acceptors (Lipinski definition) is 5. The van der Waals surface area contributed by atoms with Crippen LogP contribution in [-0.4, -0.2) is 23.8 Å². The summed E-state index contributed by atoms with van der Waals surface area (Å²) in [6.45, 7) is 0.550. The van der Waals surface area contributed by atoms with Crippen molar-refractivity contribution in [2.24, 2.45) is 5.73 Å². The van der Waals surface area contributed by atoms with Crippen molar-refractivity contribution in [1.82, 2.24) is 10.1 Å². The van der Waals surface area contributed by atoms with Gasteiger partial charge in [-0.2, -0.15) is 18.2 Å². The molecular formula is C22H22F3N3O2. The van der Waals surface area contributed by atoms with Crippen LogP contribution in [0.2, 0.25) is 0 Å². The summed E-state index contributed by atoms with van der Waals surface area (Å²) in [4.78, 5) is 4.47. The van der Waals surface area contributed by atoms with Gasteiger partial charge >= 0.3 is 6.18 Å². The van der Waals surface area contributed by atoms with Crippen molar-refractivity contribution in [2.45, 2.75) is 25.4 Å². The van der Waals surface area contributed by atoms with Crippen molar-refractivity contribution in [1.29, 1.82) is 0 Å². The minimum Gasteiger partial charge on any atom is -0.497 e. The zero-order valence-electron chi connectivity index (χ0n) is 16.4. The largest absolute Gasteiger partial charge is 0.497 e. The molecule has 0 fully saturated rings. The maximum Gasteiger partial charge on any atom is 0.416 e. The zero-order valence-corrected chi connectivity index (χ0v) is 16.4. The van der Waals surface area contributed by atoms with Gasteiger partial charge in [0.25, 0.3) is 5.89 Å². The standard InChI is InChI=1S/C22H22F3N3O2/c1-29-19-11-7-16(8-12-19)20-27-21(30-28-20)17(4-2-3-13-26)14-15-5-9-18(10-6-15)22(23,24)25/h5-12,14H,2-4,13,26H2,1H3/b17-14+. The number of benzene rings is 2. The quantitative estimate of drug-likeness (QED) is 0.495. The molecule has 0 saturated carbocycles. The van der Waals surface area contributed by atoms with Gasteiger partial charge in [-0.05, 0) is 73.8 Å². The summed E-state index contributed by atoms with van der Waals surface area (Å²) in [6, 6.07) is 12.2. The molecule has 0 amide bonds. The molecule has 3 aromatic rings. The highest BCUT2D eigenvalue weighted by molar-refractivity contribution is 5.78. The topological polar surface area (TPSA) is 74.2 Å². The molecule has 30 heavy (non-hydrogen) atoms. The molecular weight excluding hydrogens is 395 g/mol. The summed E-state index contributed by atoms with van der Waals surface area (Å²) >= 11 is 0. The van der Waals surface area contributed by atoms with Crippen LogP contribution >= 0.6 is 0 Å². The van der Waals surface area contributed by atoms with Gasteiger partial charge < -0.3 is 15.0 Å². The van der Waals surface area contributed by atoms with Crippen LogP contribution in [0.3, 0.4) is 0 Å². The second-order valence-corrected chi connectivity index (χ2v) is 6.69. The van der Waals surface area contributed by atoms with Crippen LogP contribution in [0.4, 0.5) is 13.2 Å². The SMILES string of the molecule is COc1ccc(-c2noc(/C(=C/c3ccc(C(F)(F)F)cc3)CCCCN)n2)cc1. The van der Waals surface area contributed by atoms with Gasteiger partial charge in [0.15, 0.2) is 0 Å². The van der Waals surface area contributed by atoms with Gasteiger partial charge in [0.2, 0.25) is 5.82 Å². The Bertz CT molecular complexity index is 978. The third-order valence-electron chi connectivity index (χ3n) is 4.53. The molecule has 0 bridgehead atoms. The summed E-state index contributed by atoms with van der Waals surface area (Å²) in [5.41, 5.74) is 7.02. The van der Waals surface area contributed by atoms with Gasteiger partial charge in [-0.3, -0.25) is 0 Å². The highest BCUT2D eigenvalue weighted by Crippen LogP contribution is 2.30. The number of rotatable bonds is 8. The fourth-order valence-electron chi connectivity index (χ4n) is 2.88. The molecule has 5 nitrogen and oxygen atoms in total.